The number of phenolic OH excluding ortho intramolecular Hbond substituents is 2. The SMILES string of the molecule is CCCOC(=O)[C@@](N)(OC(=O)C1CCCCC1)C(C)c1ccc(O)c(O)c1. The van der Waals surface area contributed by atoms with Crippen LogP contribution in [0.2, 0.25) is 0 Å². The fraction of sp³-hybridized carbons (Fsp3) is 0.600. The summed E-state index contributed by atoms with van der Waals surface area (Å²) in [6, 6.07) is 4.11. The van der Waals surface area contributed by atoms with E-state index in [0.717, 1.165) is 19.3 Å². The molecule has 7 nitrogen and oxygen atoms in total. The molecule has 1 fully saturated rings. The van der Waals surface area contributed by atoms with Gasteiger partial charge in [0.1, 0.15) is 0 Å². The van der Waals surface area contributed by atoms with Crippen LogP contribution in [0.5, 0.6) is 11.5 Å². The molecule has 4 N–H and O–H groups in total. The van der Waals surface area contributed by atoms with E-state index in [4.69, 9.17) is 15.2 Å². The van der Waals surface area contributed by atoms with Gasteiger partial charge in [-0.3, -0.25) is 10.5 Å². The van der Waals surface area contributed by atoms with Crippen molar-refractivity contribution in [1.29, 1.82) is 0 Å². The van der Waals surface area contributed by atoms with Gasteiger partial charge in [0.2, 0.25) is 0 Å². The highest BCUT2D eigenvalue weighted by Gasteiger charge is 2.47. The number of phenols is 2. The second-order valence-electron chi connectivity index (χ2n) is 7.15. The Labute approximate surface area is 159 Å². The summed E-state index contributed by atoms with van der Waals surface area (Å²) in [6.07, 6.45) is 5.00. The van der Waals surface area contributed by atoms with Crippen LogP contribution in [0.4, 0.5) is 0 Å². The lowest BCUT2D eigenvalue weighted by molar-refractivity contribution is -0.188. The van der Waals surface area contributed by atoms with Gasteiger partial charge in [-0.2, -0.15) is 0 Å². The third-order valence-electron chi connectivity index (χ3n) is 5.11. The van der Waals surface area contributed by atoms with Crippen molar-refractivity contribution in [3.63, 3.8) is 0 Å². The van der Waals surface area contributed by atoms with E-state index in [2.05, 4.69) is 0 Å². The topological polar surface area (TPSA) is 119 Å². The Bertz CT molecular complexity index is 670. The van der Waals surface area contributed by atoms with Crippen molar-refractivity contribution < 1.29 is 29.3 Å². The highest BCUT2D eigenvalue weighted by Crippen LogP contribution is 2.35. The number of rotatable bonds is 7. The Hall–Kier alpha value is -2.28. The van der Waals surface area contributed by atoms with E-state index in [0.29, 0.717) is 24.8 Å². The molecule has 0 bridgehead atoms. The zero-order valence-electron chi connectivity index (χ0n) is 15.9. The molecular weight excluding hydrogens is 350 g/mol. The van der Waals surface area contributed by atoms with Gasteiger partial charge < -0.3 is 19.7 Å². The van der Waals surface area contributed by atoms with E-state index in [-0.39, 0.29) is 24.0 Å². The van der Waals surface area contributed by atoms with Crippen LogP contribution in [0.3, 0.4) is 0 Å². The minimum Gasteiger partial charge on any atom is -0.504 e. The lowest BCUT2D eigenvalue weighted by Gasteiger charge is -2.34. The molecule has 2 rings (SSSR count). The number of esters is 2. The van der Waals surface area contributed by atoms with Gasteiger partial charge in [0.25, 0.3) is 5.72 Å². The molecule has 27 heavy (non-hydrogen) atoms. The molecule has 1 aliphatic rings. The zero-order valence-corrected chi connectivity index (χ0v) is 15.9. The molecule has 0 aromatic heterocycles. The van der Waals surface area contributed by atoms with Gasteiger partial charge >= 0.3 is 11.9 Å². The molecule has 1 aromatic rings. The van der Waals surface area contributed by atoms with Crippen LogP contribution < -0.4 is 5.73 Å². The van der Waals surface area contributed by atoms with E-state index in [1.165, 1.54) is 18.2 Å². The van der Waals surface area contributed by atoms with Crippen molar-refractivity contribution in [3.05, 3.63) is 23.8 Å². The average Bonchev–Trinajstić information content (AvgIpc) is 2.68. The van der Waals surface area contributed by atoms with Crippen molar-refractivity contribution >= 4 is 11.9 Å². The molecular formula is C20H29NO6. The van der Waals surface area contributed by atoms with Crippen LogP contribution in [0.1, 0.15) is 63.9 Å². The van der Waals surface area contributed by atoms with Crippen molar-refractivity contribution in [1.82, 2.24) is 0 Å². The molecule has 1 aromatic carbocycles. The summed E-state index contributed by atoms with van der Waals surface area (Å²) < 4.78 is 10.7. The first-order chi connectivity index (χ1) is 12.8. The fourth-order valence-corrected chi connectivity index (χ4v) is 3.26. The van der Waals surface area contributed by atoms with Gasteiger partial charge in [0.15, 0.2) is 11.5 Å². The monoisotopic (exact) mass is 379 g/mol. The van der Waals surface area contributed by atoms with E-state index >= 15 is 0 Å². The quantitative estimate of drug-likeness (QED) is 0.378. The smallest absolute Gasteiger partial charge is 0.366 e. The molecule has 1 saturated carbocycles. The standard InChI is InChI=1S/C20H29NO6/c1-3-11-26-19(25)20(21,27-18(24)14-7-5-4-6-8-14)13(2)15-9-10-16(22)17(23)12-15/h9-10,12-14,22-23H,3-8,11,21H2,1-2H3/t13?,20-/m0/s1. The molecule has 0 saturated heterocycles. The van der Waals surface area contributed by atoms with Crippen LogP contribution in [0.25, 0.3) is 0 Å². The largest absolute Gasteiger partial charge is 0.504 e. The van der Waals surface area contributed by atoms with Crippen molar-refractivity contribution in [2.75, 3.05) is 6.61 Å². The number of carbonyl (C=O) groups excluding carboxylic acids is 2. The lowest BCUT2D eigenvalue weighted by Crippen LogP contribution is -2.57. The van der Waals surface area contributed by atoms with E-state index in [9.17, 15) is 19.8 Å². The molecule has 150 valence electrons. The Balaban J connectivity index is 2.28. The van der Waals surface area contributed by atoms with Crippen molar-refractivity contribution in [2.24, 2.45) is 11.7 Å². The van der Waals surface area contributed by atoms with Gasteiger partial charge in [-0.15, -0.1) is 0 Å². The first-order valence-electron chi connectivity index (χ1n) is 9.50. The molecule has 1 aliphatic carbocycles. The maximum atomic E-state index is 12.7. The first-order valence-corrected chi connectivity index (χ1v) is 9.50. The predicted molar refractivity (Wildman–Crippen MR) is 99.0 cm³/mol. The molecule has 1 unspecified atom stereocenters. The van der Waals surface area contributed by atoms with Gasteiger partial charge in [-0.1, -0.05) is 39.2 Å². The highest BCUT2D eigenvalue weighted by atomic mass is 16.6. The van der Waals surface area contributed by atoms with E-state index in [1.54, 1.807) is 6.92 Å². The molecule has 0 amide bonds. The Kier molecular flexibility index (Phi) is 7.07. The van der Waals surface area contributed by atoms with Crippen molar-refractivity contribution in [3.8, 4) is 11.5 Å². The van der Waals surface area contributed by atoms with Crippen LogP contribution in [0, 0.1) is 5.92 Å². The lowest BCUT2D eigenvalue weighted by atomic mass is 9.87. The van der Waals surface area contributed by atoms with Crippen LogP contribution in [0.15, 0.2) is 18.2 Å². The minimum atomic E-state index is -2.02. The van der Waals surface area contributed by atoms with Crippen LogP contribution in [-0.4, -0.2) is 34.5 Å². The number of nitrogens with two attached hydrogens (primary N) is 1. The third kappa shape index (κ3) is 4.91. The van der Waals surface area contributed by atoms with E-state index < -0.39 is 23.6 Å². The summed E-state index contributed by atoms with van der Waals surface area (Å²) >= 11 is 0. The Morgan fingerprint density at radius 3 is 2.48 bits per heavy atom. The summed E-state index contributed by atoms with van der Waals surface area (Å²) in [7, 11) is 0. The second-order valence-corrected chi connectivity index (χ2v) is 7.15. The summed E-state index contributed by atoms with van der Waals surface area (Å²) in [5.74, 6) is -3.03. The zero-order chi connectivity index (χ0) is 20.0. The number of benzene rings is 1. The van der Waals surface area contributed by atoms with Gasteiger partial charge in [-0.25, -0.2) is 4.79 Å². The molecule has 7 heteroatoms. The molecule has 0 heterocycles. The van der Waals surface area contributed by atoms with Crippen molar-refractivity contribution in [2.45, 2.75) is 64.0 Å². The maximum absolute atomic E-state index is 12.7. The van der Waals surface area contributed by atoms with E-state index in [1.807, 2.05) is 6.92 Å². The van der Waals surface area contributed by atoms with Crippen LogP contribution in [-0.2, 0) is 19.1 Å². The van der Waals surface area contributed by atoms with Gasteiger partial charge in [-0.05, 0) is 37.0 Å². The summed E-state index contributed by atoms with van der Waals surface area (Å²) in [5, 5.41) is 19.3. The van der Waals surface area contributed by atoms with Crippen LogP contribution >= 0.6 is 0 Å². The number of hydrogen-bond donors (Lipinski definition) is 3. The number of hydrogen-bond acceptors (Lipinski definition) is 7. The molecule has 0 radical (unpaired) electrons. The minimum absolute atomic E-state index is 0.159. The number of ether oxygens (including phenoxy) is 2. The highest BCUT2D eigenvalue weighted by molar-refractivity contribution is 5.84. The molecule has 0 aliphatic heterocycles. The summed E-state index contributed by atoms with van der Waals surface area (Å²) in [6.45, 7) is 3.63. The first kappa shape index (κ1) is 21.0. The van der Waals surface area contributed by atoms with Gasteiger partial charge in [0, 0.05) is 5.92 Å². The maximum Gasteiger partial charge on any atom is 0.366 e. The number of carbonyl (C=O) groups is 2. The summed E-state index contributed by atoms with van der Waals surface area (Å²) in [5.41, 5.74) is 4.71. The average molecular weight is 379 g/mol. The Morgan fingerprint density at radius 2 is 1.89 bits per heavy atom. The van der Waals surface area contributed by atoms with Gasteiger partial charge in [0.05, 0.1) is 12.5 Å². The fourth-order valence-electron chi connectivity index (χ4n) is 3.26. The molecule has 2 atom stereocenters. The second kappa shape index (κ2) is 9.08. The Morgan fingerprint density at radius 1 is 1.22 bits per heavy atom. The normalized spacial score (nSPS) is 18.3. The summed E-state index contributed by atoms with van der Waals surface area (Å²) in [4.78, 5) is 25.3. The molecule has 0 spiro atoms. The predicted octanol–water partition coefficient (Wildman–Crippen LogP) is 2.93. The number of aromatic hydroxyl groups is 2. The third-order valence-corrected chi connectivity index (χ3v) is 5.11.